The van der Waals surface area contributed by atoms with E-state index in [0.717, 1.165) is 6.42 Å². The second-order valence-corrected chi connectivity index (χ2v) is 3.92. The molecule has 2 unspecified atom stereocenters. The lowest BCUT2D eigenvalue weighted by molar-refractivity contribution is -0.125. The lowest BCUT2D eigenvalue weighted by atomic mass is 10.0. The standard InChI is InChI=1S/C10H16N2O2/c1-7(2)9(5-11)12-10(13)8-3-4-14-6-8/h7-9H,3-4,6H2,1-2H3,(H,12,13). The van der Waals surface area contributed by atoms with Crippen LogP contribution in [0, 0.1) is 23.2 Å². The summed E-state index contributed by atoms with van der Waals surface area (Å²) in [5, 5.41) is 11.5. The summed E-state index contributed by atoms with van der Waals surface area (Å²) in [5.41, 5.74) is 0. The highest BCUT2D eigenvalue weighted by atomic mass is 16.5. The summed E-state index contributed by atoms with van der Waals surface area (Å²) in [5.74, 6) is 0.0265. The summed E-state index contributed by atoms with van der Waals surface area (Å²) in [6.45, 7) is 4.97. The maximum absolute atomic E-state index is 11.6. The molecule has 1 saturated heterocycles. The Hall–Kier alpha value is -1.08. The van der Waals surface area contributed by atoms with Crippen LogP contribution in [0.15, 0.2) is 0 Å². The Labute approximate surface area is 84.2 Å². The fourth-order valence-corrected chi connectivity index (χ4v) is 1.36. The summed E-state index contributed by atoms with van der Waals surface area (Å²) in [6, 6.07) is 1.70. The van der Waals surface area contributed by atoms with Crippen molar-refractivity contribution in [3.8, 4) is 6.07 Å². The Morgan fingerprint density at radius 1 is 1.64 bits per heavy atom. The first-order chi connectivity index (χ1) is 6.65. The molecular formula is C10H16N2O2. The predicted octanol–water partition coefficient (Wildman–Crippen LogP) is 0.687. The largest absolute Gasteiger partial charge is 0.381 e. The maximum atomic E-state index is 11.6. The van der Waals surface area contributed by atoms with Crippen LogP contribution in [0.25, 0.3) is 0 Å². The van der Waals surface area contributed by atoms with Crippen molar-refractivity contribution in [3.05, 3.63) is 0 Å². The molecule has 0 bridgehead atoms. The van der Waals surface area contributed by atoms with Crippen LogP contribution in [-0.2, 0) is 9.53 Å². The molecule has 0 aromatic rings. The molecule has 78 valence electrons. The van der Waals surface area contributed by atoms with Crippen molar-refractivity contribution in [2.75, 3.05) is 13.2 Å². The lowest BCUT2D eigenvalue weighted by Gasteiger charge is -2.16. The second-order valence-electron chi connectivity index (χ2n) is 3.92. The fraction of sp³-hybridized carbons (Fsp3) is 0.800. The molecule has 0 spiro atoms. The van der Waals surface area contributed by atoms with Gasteiger partial charge in [-0.2, -0.15) is 5.26 Å². The molecule has 0 aromatic carbocycles. The van der Waals surface area contributed by atoms with Gasteiger partial charge < -0.3 is 10.1 Å². The van der Waals surface area contributed by atoms with Crippen LogP contribution in [0.5, 0.6) is 0 Å². The quantitative estimate of drug-likeness (QED) is 0.722. The number of nitriles is 1. The number of nitrogens with one attached hydrogen (secondary N) is 1. The first kappa shape index (κ1) is 11.0. The first-order valence-corrected chi connectivity index (χ1v) is 4.93. The van der Waals surface area contributed by atoms with Gasteiger partial charge in [0, 0.05) is 6.61 Å². The third kappa shape index (κ3) is 2.71. The molecular weight excluding hydrogens is 180 g/mol. The Morgan fingerprint density at radius 2 is 2.36 bits per heavy atom. The highest BCUT2D eigenvalue weighted by Crippen LogP contribution is 2.13. The van der Waals surface area contributed by atoms with Gasteiger partial charge in [0.2, 0.25) is 5.91 Å². The molecule has 4 nitrogen and oxygen atoms in total. The molecule has 1 amide bonds. The van der Waals surface area contributed by atoms with Crippen molar-refractivity contribution in [3.63, 3.8) is 0 Å². The van der Waals surface area contributed by atoms with Crippen molar-refractivity contribution < 1.29 is 9.53 Å². The Morgan fingerprint density at radius 3 is 2.79 bits per heavy atom. The Kier molecular flexibility index (Phi) is 3.90. The monoisotopic (exact) mass is 196 g/mol. The molecule has 14 heavy (non-hydrogen) atoms. The third-order valence-corrected chi connectivity index (χ3v) is 2.40. The van der Waals surface area contributed by atoms with Gasteiger partial charge in [-0.05, 0) is 12.3 Å². The van der Waals surface area contributed by atoms with E-state index in [4.69, 9.17) is 10.00 Å². The van der Waals surface area contributed by atoms with Crippen LogP contribution in [0.3, 0.4) is 0 Å². The predicted molar refractivity (Wildman–Crippen MR) is 51.3 cm³/mol. The Bertz CT molecular complexity index is 239. The van der Waals surface area contributed by atoms with E-state index in [2.05, 4.69) is 11.4 Å². The number of amides is 1. The molecule has 2 atom stereocenters. The minimum absolute atomic E-state index is 0.0530. The van der Waals surface area contributed by atoms with E-state index in [9.17, 15) is 4.79 Å². The number of carbonyl (C=O) groups is 1. The number of hydrogen-bond donors (Lipinski definition) is 1. The van der Waals surface area contributed by atoms with E-state index in [0.29, 0.717) is 13.2 Å². The zero-order valence-electron chi connectivity index (χ0n) is 8.62. The molecule has 1 fully saturated rings. The number of carbonyl (C=O) groups excluding carboxylic acids is 1. The van der Waals surface area contributed by atoms with Gasteiger partial charge in [0.05, 0.1) is 18.6 Å². The fourth-order valence-electron chi connectivity index (χ4n) is 1.36. The summed E-state index contributed by atoms with van der Waals surface area (Å²) in [7, 11) is 0. The minimum atomic E-state index is -0.386. The van der Waals surface area contributed by atoms with E-state index < -0.39 is 0 Å². The van der Waals surface area contributed by atoms with E-state index >= 15 is 0 Å². The van der Waals surface area contributed by atoms with E-state index in [1.165, 1.54) is 0 Å². The van der Waals surface area contributed by atoms with Crippen molar-refractivity contribution >= 4 is 5.91 Å². The van der Waals surface area contributed by atoms with Gasteiger partial charge in [-0.15, -0.1) is 0 Å². The van der Waals surface area contributed by atoms with Crippen molar-refractivity contribution in [1.82, 2.24) is 5.32 Å². The molecule has 0 aliphatic carbocycles. The van der Waals surface area contributed by atoms with Gasteiger partial charge in [-0.3, -0.25) is 4.79 Å². The van der Waals surface area contributed by atoms with E-state index in [1.54, 1.807) is 0 Å². The smallest absolute Gasteiger partial charge is 0.226 e. The second kappa shape index (κ2) is 4.97. The molecule has 1 rings (SSSR count). The zero-order valence-corrected chi connectivity index (χ0v) is 8.62. The molecule has 1 aliphatic rings. The first-order valence-electron chi connectivity index (χ1n) is 4.93. The summed E-state index contributed by atoms with van der Waals surface area (Å²) < 4.78 is 5.11. The number of rotatable bonds is 3. The van der Waals surface area contributed by atoms with Crippen LogP contribution in [0.1, 0.15) is 20.3 Å². The number of hydrogen-bond acceptors (Lipinski definition) is 3. The third-order valence-electron chi connectivity index (χ3n) is 2.40. The van der Waals surface area contributed by atoms with Crippen LogP contribution in [0.2, 0.25) is 0 Å². The summed E-state index contributed by atoms with van der Waals surface area (Å²) in [6.07, 6.45) is 0.766. The molecule has 1 N–H and O–H groups in total. The topological polar surface area (TPSA) is 62.1 Å². The number of nitrogens with zero attached hydrogens (tertiary/aromatic N) is 1. The van der Waals surface area contributed by atoms with Crippen molar-refractivity contribution in [1.29, 1.82) is 5.26 Å². The average molecular weight is 196 g/mol. The van der Waals surface area contributed by atoms with Crippen LogP contribution >= 0.6 is 0 Å². The molecule has 1 aliphatic heterocycles. The van der Waals surface area contributed by atoms with Crippen molar-refractivity contribution in [2.24, 2.45) is 11.8 Å². The van der Waals surface area contributed by atoms with Gasteiger partial charge in [0.15, 0.2) is 0 Å². The molecule has 4 heteroatoms. The van der Waals surface area contributed by atoms with E-state index in [1.807, 2.05) is 13.8 Å². The maximum Gasteiger partial charge on any atom is 0.226 e. The average Bonchev–Trinajstić information content (AvgIpc) is 2.65. The highest BCUT2D eigenvalue weighted by Gasteiger charge is 2.26. The highest BCUT2D eigenvalue weighted by molar-refractivity contribution is 5.79. The van der Waals surface area contributed by atoms with Gasteiger partial charge in [-0.25, -0.2) is 0 Å². The van der Waals surface area contributed by atoms with E-state index in [-0.39, 0.29) is 23.8 Å². The zero-order chi connectivity index (χ0) is 10.6. The molecule has 0 aromatic heterocycles. The summed E-state index contributed by atoms with van der Waals surface area (Å²) >= 11 is 0. The molecule has 0 saturated carbocycles. The van der Waals surface area contributed by atoms with Gasteiger partial charge in [0.1, 0.15) is 6.04 Å². The molecule has 1 heterocycles. The summed E-state index contributed by atoms with van der Waals surface area (Å²) in [4.78, 5) is 11.6. The lowest BCUT2D eigenvalue weighted by Crippen LogP contribution is -2.41. The van der Waals surface area contributed by atoms with Crippen LogP contribution in [0.4, 0.5) is 0 Å². The minimum Gasteiger partial charge on any atom is -0.381 e. The normalized spacial score (nSPS) is 23.1. The number of ether oxygens (including phenoxy) is 1. The van der Waals surface area contributed by atoms with Gasteiger partial charge in [0.25, 0.3) is 0 Å². The van der Waals surface area contributed by atoms with Crippen molar-refractivity contribution in [2.45, 2.75) is 26.3 Å². The Balaban J connectivity index is 2.42. The van der Waals surface area contributed by atoms with Crippen LogP contribution < -0.4 is 5.32 Å². The SMILES string of the molecule is CC(C)C(C#N)NC(=O)C1CCOC1. The van der Waals surface area contributed by atoms with Crippen LogP contribution in [-0.4, -0.2) is 25.2 Å². The molecule has 0 radical (unpaired) electrons. The van der Waals surface area contributed by atoms with Gasteiger partial charge in [-0.1, -0.05) is 13.8 Å². The van der Waals surface area contributed by atoms with Gasteiger partial charge >= 0.3 is 0 Å².